The SMILES string of the molecule is CC1(C)C(=O)[C@@]2(C)CC[C@@H]1C[C@H]2C(=O)O. The van der Waals surface area contributed by atoms with Gasteiger partial charge in [0.25, 0.3) is 0 Å². The van der Waals surface area contributed by atoms with Gasteiger partial charge in [-0.25, -0.2) is 0 Å². The quantitative estimate of drug-likeness (QED) is 0.721. The lowest BCUT2D eigenvalue weighted by Gasteiger charge is -2.55. The fourth-order valence-corrected chi connectivity index (χ4v) is 3.53. The third kappa shape index (κ3) is 1.18. The molecule has 3 aliphatic rings. The van der Waals surface area contributed by atoms with Gasteiger partial charge in [0, 0.05) is 10.8 Å². The van der Waals surface area contributed by atoms with Crippen LogP contribution >= 0.6 is 0 Å². The number of hydrogen-bond acceptors (Lipinski definition) is 2. The van der Waals surface area contributed by atoms with Crippen molar-refractivity contribution in [2.75, 3.05) is 0 Å². The van der Waals surface area contributed by atoms with E-state index >= 15 is 0 Å². The molecule has 0 unspecified atom stereocenters. The van der Waals surface area contributed by atoms with Gasteiger partial charge in [-0.05, 0) is 25.2 Å². The van der Waals surface area contributed by atoms with E-state index in [0.29, 0.717) is 6.42 Å². The lowest BCUT2D eigenvalue weighted by atomic mass is 9.47. The lowest BCUT2D eigenvalue weighted by Crippen LogP contribution is -2.58. The number of fused-ring (bicyclic) bond motifs is 3. The number of rotatable bonds is 1. The summed E-state index contributed by atoms with van der Waals surface area (Å²) in [4.78, 5) is 23.4. The van der Waals surface area contributed by atoms with Crippen molar-refractivity contribution in [1.82, 2.24) is 0 Å². The maximum atomic E-state index is 12.3. The summed E-state index contributed by atoms with van der Waals surface area (Å²) in [5, 5.41) is 9.16. The standard InChI is InChI=1S/C12H18O3/c1-11(2)7-4-5-12(3,10(11)15)8(6-7)9(13)14/h7-8H,4-6H2,1-3H3,(H,13,14)/t7-,8+,12+/m1/s1. The van der Waals surface area contributed by atoms with Crippen LogP contribution in [0.3, 0.4) is 0 Å². The molecule has 3 rings (SSSR count). The van der Waals surface area contributed by atoms with Crippen LogP contribution in [-0.2, 0) is 9.59 Å². The Balaban J connectivity index is 2.43. The Hall–Kier alpha value is -0.860. The molecule has 0 aromatic rings. The zero-order valence-electron chi connectivity index (χ0n) is 9.54. The number of carbonyl (C=O) groups is 2. The van der Waals surface area contributed by atoms with Crippen molar-refractivity contribution in [2.24, 2.45) is 22.7 Å². The molecule has 3 fully saturated rings. The molecular weight excluding hydrogens is 192 g/mol. The predicted octanol–water partition coefficient (Wildman–Crippen LogP) is 2.10. The zero-order valence-corrected chi connectivity index (χ0v) is 9.54. The number of ketones is 1. The molecule has 0 heterocycles. The second-order valence-electron chi connectivity index (χ2n) is 5.83. The van der Waals surface area contributed by atoms with Gasteiger partial charge in [0.05, 0.1) is 5.92 Å². The molecule has 0 amide bonds. The van der Waals surface area contributed by atoms with E-state index in [2.05, 4.69) is 0 Å². The van der Waals surface area contributed by atoms with E-state index in [1.165, 1.54) is 0 Å². The highest BCUT2D eigenvalue weighted by Crippen LogP contribution is 2.58. The second kappa shape index (κ2) is 2.83. The molecule has 0 radical (unpaired) electrons. The van der Waals surface area contributed by atoms with Gasteiger partial charge < -0.3 is 5.11 Å². The normalized spacial score (nSPS) is 43.0. The molecule has 0 aromatic carbocycles. The Kier molecular flexibility index (Phi) is 2.01. The first-order chi connectivity index (χ1) is 6.80. The fourth-order valence-electron chi connectivity index (χ4n) is 3.53. The van der Waals surface area contributed by atoms with E-state index in [1.54, 1.807) is 0 Å². The summed E-state index contributed by atoms with van der Waals surface area (Å²) < 4.78 is 0. The van der Waals surface area contributed by atoms with Gasteiger partial charge in [-0.2, -0.15) is 0 Å². The minimum atomic E-state index is -0.800. The molecule has 1 N–H and O–H groups in total. The zero-order chi connectivity index (χ0) is 11.4. The molecule has 3 aliphatic carbocycles. The van der Waals surface area contributed by atoms with Crippen LogP contribution in [0, 0.1) is 22.7 Å². The minimum Gasteiger partial charge on any atom is -0.481 e. The Labute approximate surface area is 89.9 Å². The number of carbonyl (C=O) groups excluding carboxylic acids is 1. The topological polar surface area (TPSA) is 54.4 Å². The van der Waals surface area contributed by atoms with Gasteiger partial charge in [-0.1, -0.05) is 20.8 Å². The molecule has 0 spiro atoms. The summed E-state index contributed by atoms with van der Waals surface area (Å²) in [5.74, 6) is -0.847. The number of carboxylic acids is 1. The molecule has 2 bridgehead atoms. The largest absolute Gasteiger partial charge is 0.481 e. The van der Waals surface area contributed by atoms with E-state index in [4.69, 9.17) is 5.11 Å². The number of hydrogen-bond donors (Lipinski definition) is 1. The van der Waals surface area contributed by atoms with E-state index in [1.807, 2.05) is 20.8 Å². The average molecular weight is 210 g/mol. The third-order valence-electron chi connectivity index (χ3n) is 4.72. The molecule has 84 valence electrons. The van der Waals surface area contributed by atoms with Crippen molar-refractivity contribution in [2.45, 2.75) is 40.0 Å². The van der Waals surface area contributed by atoms with Crippen LogP contribution in [0.4, 0.5) is 0 Å². The summed E-state index contributed by atoms with van der Waals surface area (Å²) in [6, 6.07) is 0. The van der Waals surface area contributed by atoms with Crippen LogP contribution in [-0.4, -0.2) is 16.9 Å². The van der Waals surface area contributed by atoms with Crippen molar-refractivity contribution in [3.05, 3.63) is 0 Å². The molecule has 3 saturated carbocycles. The van der Waals surface area contributed by atoms with Crippen LogP contribution in [0.5, 0.6) is 0 Å². The highest BCUT2D eigenvalue weighted by molar-refractivity contribution is 5.95. The minimum absolute atomic E-state index is 0.157. The van der Waals surface area contributed by atoms with Crippen molar-refractivity contribution >= 4 is 11.8 Å². The first-order valence-corrected chi connectivity index (χ1v) is 5.58. The second-order valence-corrected chi connectivity index (χ2v) is 5.83. The van der Waals surface area contributed by atoms with E-state index in [9.17, 15) is 9.59 Å². The monoisotopic (exact) mass is 210 g/mol. The van der Waals surface area contributed by atoms with Crippen molar-refractivity contribution in [1.29, 1.82) is 0 Å². The highest BCUT2D eigenvalue weighted by Gasteiger charge is 2.61. The van der Waals surface area contributed by atoms with Gasteiger partial charge in [0.15, 0.2) is 0 Å². The van der Waals surface area contributed by atoms with Gasteiger partial charge in [-0.3, -0.25) is 9.59 Å². The molecule has 3 nitrogen and oxygen atoms in total. The summed E-state index contributed by atoms with van der Waals surface area (Å²) in [7, 11) is 0. The fraction of sp³-hybridized carbons (Fsp3) is 0.833. The van der Waals surface area contributed by atoms with Crippen molar-refractivity contribution in [3.8, 4) is 0 Å². The Morgan fingerprint density at radius 3 is 2.53 bits per heavy atom. The molecule has 15 heavy (non-hydrogen) atoms. The Morgan fingerprint density at radius 1 is 1.40 bits per heavy atom. The summed E-state index contributed by atoms with van der Waals surface area (Å²) in [6.45, 7) is 5.77. The van der Waals surface area contributed by atoms with Crippen LogP contribution < -0.4 is 0 Å². The average Bonchev–Trinajstić information content (AvgIpc) is 2.14. The van der Waals surface area contributed by atoms with Crippen molar-refractivity contribution < 1.29 is 14.7 Å². The molecule has 3 atom stereocenters. The maximum absolute atomic E-state index is 12.3. The Bertz CT molecular complexity index is 332. The van der Waals surface area contributed by atoms with E-state index in [0.717, 1.165) is 12.8 Å². The molecule has 0 aromatic heterocycles. The van der Waals surface area contributed by atoms with Gasteiger partial charge in [0.2, 0.25) is 0 Å². The Morgan fingerprint density at radius 2 is 2.00 bits per heavy atom. The first kappa shape index (κ1) is 10.7. The van der Waals surface area contributed by atoms with Gasteiger partial charge >= 0.3 is 5.97 Å². The van der Waals surface area contributed by atoms with Crippen LogP contribution in [0.2, 0.25) is 0 Å². The van der Waals surface area contributed by atoms with E-state index in [-0.39, 0.29) is 17.1 Å². The number of carboxylic acid groups (broad SMARTS) is 1. The predicted molar refractivity (Wildman–Crippen MR) is 55.4 cm³/mol. The summed E-state index contributed by atoms with van der Waals surface area (Å²) in [6.07, 6.45) is 2.42. The maximum Gasteiger partial charge on any atom is 0.307 e. The van der Waals surface area contributed by atoms with Crippen LogP contribution in [0.15, 0.2) is 0 Å². The van der Waals surface area contributed by atoms with Gasteiger partial charge in [0.1, 0.15) is 5.78 Å². The number of Topliss-reactive ketones (excluding diaryl/α,β-unsaturated/α-hetero) is 1. The van der Waals surface area contributed by atoms with Crippen LogP contribution in [0.1, 0.15) is 40.0 Å². The van der Waals surface area contributed by atoms with Gasteiger partial charge in [-0.15, -0.1) is 0 Å². The molecule has 0 aliphatic heterocycles. The molecule has 0 saturated heterocycles. The van der Waals surface area contributed by atoms with E-state index < -0.39 is 17.3 Å². The smallest absolute Gasteiger partial charge is 0.307 e. The lowest BCUT2D eigenvalue weighted by molar-refractivity contribution is -0.173. The van der Waals surface area contributed by atoms with Crippen molar-refractivity contribution in [3.63, 3.8) is 0 Å². The molecule has 3 heteroatoms. The molecular formula is C12H18O3. The number of aliphatic carboxylic acids is 1. The highest BCUT2D eigenvalue weighted by atomic mass is 16.4. The summed E-state index contributed by atoms with van der Waals surface area (Å²) >= 11 is 0. The summed E-state index contributed by atoms with van der Waals surface area (Å²) in [5.41, 5.74) is -0.941. The third-order valence-corrected chi connectivity index (χ3v) is 4.72. The van der Waals surface area contributed by atoms with Crippen LogP contribution in [0.25, 0.3) is 0 Å². The first-order valence-electron chi connectivity index (χ1n) is 5.58.